The number of para-hydroxylation sites is 1. The van der Waals surface area contributed by atoms with Gasteiger partial charge in [-0.2, -0.15) is 0 Å². The van der Waals surface area contributed by atoms with Gasteiger partial charge >= 0.3 is 6.03 Å². The smallest absolute Gasteiger partial charge is 0.307 e. The standard InChI is InChI=1S/C17H17F3N2O/c1-9(2)11-6-4-5-10(3)16(11)22-17(23)21-13-8-7-12(18)14(19)15(13)20/h4-9H,1-3H3,(H2,21,22,23). The van der Waals surface area contributed by atoms with Gasteiger partial charge in [0.05, 0.1) is 5.69 Å². The molecule has 2 amide bonds. The van der Waals surface area contributed by atoms with Crippen LogP contribution >= 0.6 is 0 Å². The number of rotatable bonds is 3. The molecular formula is C17H17F3N2O. The largest absolute Gasteiger partial charge is 0.323 e. The molecule has 0 saturated carbocycles. The molecule has 3 nitrogen and oxygen atoms in total. The average Bonchev–Trinajstić information content (AvgIpc) is 2.49. The van der Waals surface area contributed by atoms with Gasteiger partial charge in [0, 0.05) is 5.69 Å². The zero-order valence-corrected chi connectivity index (χ0v) is 13.0. The minimum Gasteiger partial charge on any atom is -0.307 e. The molecule has 0 aromatic heterocycles. The Kier molecular flexibility index (Phi) is 4.93. The van der Waals surface area contributed by atoms with Gasteiger partial charge in [0.25, 0.3) is 0 Å². The molecule has 0 unspecified atom stereocenters. The van der Waals surface area contributed by atoms with Gasteiger partial charge < -0.3 is 10.6 Å². The van der Waals surface area contributed by atoms with Gasteiger partial charge in [-0.05, 0) is 36.1 Å². The second-order valence-corrected chi connectivity index (χ2v) is 5.50. The molecule has 6 heteroatoms. The first-order valence-electron chi connectivity index (χ1n) is 7.12. The summed E-state index contributed by atoms with van der Waals surface area (Å²) >= 11 is 0. The number of carbonyl (C=O) groups is 1. The molecule has 2 aromatic carbocycles. The average molecular weight is 322 g/mol. The summed E-state index contributed by atoms with van der Waals surface area (Å²) < 4.78 is 39.7. The highest BCUT2D eigenvalue weighted by molar-refractivity contribution is 6.00. The van der Waals surface area contributed by atoms with E-state index in [1.807, 2.05) is 39.0 Å². The summed E-state index contributed by atoms with van der Waals surface area (Å²) in [7, 11) is 0. The number of halogens is 3. The number of carbonyl (C=O) groups excluding carboxylic acids is 1. The maximum Gasteiger partial charge on any atom is 0.323 e. The second-order valence-electron chi connectivity index (χ2n) is 5.50. The molecule has 0 saturated heterocycles. The summed E-state index contributed by atoms with van der Waals surface area (Å²) in [6.45, 7) is 5.79. The van der Waals surface area contributed by atoms with E-state index < -0.39 is 29.2 Å². The summed E-state index contributed by atoms with van der Waals surface area (Å²) in [5.74, 6) is -4.20. The lowest BCUT2D eigenvalue weighted by atomic mass is 9.98. The third-order valence-electron chi connectivity index (χ3n) is 3.45. The molecule has 0 spiro atoms. The van der Waals surface area contributed by atoms with Gasteiger partial charge in [-0.15, -0.1) is 0 Å². The molecule has 0 heterocycles. The van der Waals surface area contributed by atoms with Crippen LogP contribution in [-0.2, 0) is 0 Å². The van der Waals surface area contributed by atoms with Crippen LogP contribution in [0.1, 0.15) is 30.9 Å². The fraction of sp³-hybridized carbons (Fsp3) is 0.235. The molecule has 2 rings (SSSR count). The van der Waals surface area contributed by atoms with Crippen LogP contribution in [0, 0.1) is 24.4 Å². The molecule has 0 radical (unpaired) electrons. The van der Waals surface area contributed by atoms with Gasteiger partial charge in [0.15, 0.2) is 17.5 Å². The minimum atomic E-state index is -1.62. The van der Waals surface area contributed by atoms with Crippen molar-refractivity contribution in [2.75, 3.05) is 10.6 Å². The molecule has 0 aliphatic heterocycles. The predicted molar refractivity (Wildman–Crippen MR) is 84.2 cm³/mol. The summed E-state index contributed by atoms with van der Waals surface area (Å²) in [6, 6.07) is 6.58. The Bertz CT molecular complexity index is 745. The van der Waals surface area contributed by atoms with Crippen molar-refractivity contribution in [2.45, 2.75) is 26.7 Å². The van der Waals surface area contributed by atoms with Crippen molar-refractivity contribution >= 4 is 17.4 Å². The summed E-state index contributed by atoms with van der Waals surface area (Å²) in [6.07, 6.45) is 0. The van der Waals surface area contributed by atoms with Gasteiger partial charge in [-0.25, -0.2) is 18.0 Å². The number of anilines is 2. The molecule has 0 aliphatic carbocycles. The van der Waals surface area contributed by atoms with Crippen LogP contribution in [0.5, 0.6) is 0 Å². The summed E-state index contributed by atoms with van der Waals surface area (Å²) in [5.41, 5.74) is 1.95. The van der Waals surface area contributed by atoms with Crippen molar-refractivity contribution in [1.29, 1.82) is 0 Å². The number of urea groups is 1. The lowest BCUT2D eigenvalue weighted by Crippen LogP contribution is -2.22. The van der Waals surface area contributed by atoms with Crippen LogP contribution in [-0.4, -0.2) is 6.03 Å². The predicted octanol–water partition coefficient (Wildman–Crippen LogP) is 5.18. The monoisotopic (exact) mass is 322 g/mol. The van der Waals surface area contributed by atoms with Crippen LogP contribution in [0.2, 0.25) is 0 Å². The zero-order chi connectivity index (χ0) is 17.1. The molecule has 0 aliphatic rings. The van der Waals surface area contributed by atoms with E-state index >= 15 is 0 Å². The fourth-order valence-corrected chi connectivity index (χ4v) is 2.23. The summed E-state index contributed by atoms with van der Waals surface area (Å²) in [5, 5.41) is 4.83. The minimum absolute atomic E-state index is 0.171. The first-order valence-corrected chi connectivity index (χ1v) is 7.12. The molecule has 0 fully saturated rings. The fourth-order valence-electron chi connectivity index (χ4n) is 2.23. The van der Waals surface area contributed by atoms with Crippen LogP contribution in [0.15, 0.2) is 30.3 Å². The van der Waals surface area contributed by atoms with Crippen molar-refractivity contribution in [1.82, 2.24) is 0 Å². The Morgan fingerprint density at radius 3 is 2.35 bits per heavy atom. The van der Waals surface area contributed by atoms with Crippen molar-refractivity contribution in [3.63, 3.8) is 0 Å². The van der Waals surface area contributed by atoms with Crippen LogP contribution < -0.4 is 10.6 Å². The first kappa shape index (κ1) is 16.9. The Morgan fingerprint density at radius 2 is 1.70 bits per heavy atom. The number of amides is 2. The lowest BCUT2D eigenvalue weighted by Gasteiger charge is -2.17. The van der Waals surface area contributed by atoms with E-state index in [0.717, 1.165) is 23.3 Å². The SMILES string of the molecule is Cc1cccc(C(C)C)c1NC(=O)Nc1ccc(F)c(F)c1F. The Morgan fingerprint density at radius 1 is 1.00 bits per heavy atom. The Labute approximate surface area is 132 Å². The van der Waals surface area contributed by atoms with Crippen molar-refractivity contribution in [3.05, 3.63) is 58.9 Å². The summed E-state index contributed by atoms with van der Waals surface area (Å²) in [4.78, 5) is 12.1. The third kappa shape index (κ3) is 3.64. The number of nitrogens with one attached hydrogen (secondary N) is 2. The van der Waals surface area contributed by atoms with Crippen LogP contribution in [0.25, 0.3) is 0 Å². The van der Waals surface area contributed by atoms with E-state index in [1.54, 1.807) is 0 Å². The zero-order valence-electron chi connectivity index (χ0n) is 13.0. The Hall–Kier alpha value is -2.50. The second kappa shape index (κ2) is 6.73. The van der Waals surface area contributed by atoms with Crippen molar-refractivity contribution in [3.8, 4) is 0 Å². The first-order chi connectivity index (χ1) is 10.8. The highest BCUT2D eigenvalue weighted by Gasteiger charge is 2.17. The van der Waals surface area contributed by atoms with Crippen LogP contribution in [0.3, 0.4) is 0 Å². The molecule has 0 atom stereocenters. The van der Waals surface area contributed by atoms with Crippen molar-refractivity contribution in [2.24, 2.45) is 0 Å². The van der Waals surface area contributed by atoms with E-state index in [0.29, 0.717) is 5.69 Å². The number of hydrogen-bond acceptors (Lipinski definition) is 1. The molecular weight excluding hydrogens is 305 g/mol. The van der Waals surface area contributed by atoms with E-state index in [4.69, 9.17) is 0 Å². The third-order valence-corrected chi connectivity index (χ3v) is 3.45. The van der Waals surface area contributed by atoms with E-state index in [2.05, 4.69) is 10.6 Å². The number of hydrogen-bond donors (Lipinski definition) is 2. The van der Waals surface area contributed by atoms with E-state index in [-0.39, 0.29) is 5.92 Å². The molecule has 122 valence electrons. The van der Waals surface area contributed by atoms with Gasteiger partial charge in [0.1, 0.15) is 0 Å². The molecule has 2 aromatic rings. The molecule has 2 N–H and O–H groups in total. The highest BCUT2D eigenvalue weighted by Crippen LogP contribution is 2.28. The topological polar surface area (TPSA) is 41.1 Å². The van der Waals surface area contributed by atoms with Gasteiger partial charge in [-0.1, -0.05) is 32.0 Å². The Balaban J connectivity index is 2.23. The number of benzene rings is 2. The normalized spacial score (nSPS) is 10.7. The van der Waals surface area contributed by atoms with Gasteiger partial charge in [0.2, 0.25) is 0 Å². The highest BCUT2D eigenvalue weighted by atomic mass is 19.2. The van der Waals surface area contributed by atoms with E-state index in [1.165, 1.54) is 0 Å². The molecule has 23 heavy (non-hydrogen) atoms. The van der Waals surface area contributed by atoms with Gasteiger partial charge in [-0.3, -0.25) is 0 Å². The lowest BCUT2D eigenvalue weighted by molar-refractivity contribution is 0.262. The van der Waals surface area contributed by atoms with Crippen molar-refractivity contribution < 1.29 is 18.0 Å². The van der Waals surface area contributed by atoms with E-state index in [9.17, 15) is 18.0 Å². The maximum atomic E-state index is 13.6. The molecule has 0 bridgehead atoms. The quantitative estimate of drug-likeness (QED) is 0.751. The number of aryl methyl sites for hydroxylation is 1. The van der Waals surface area contributed by atoms with Crippen LogP contribution in [0.4, 0.5) is 29.3 Å². The maximum absolute atomic E-state index is 13.6.